The van der Waals surface area contributed by atoms with Gasteiger partial charge in [-0.05, 0) is 12.1 Å². The first kappa shape index (κ1) is 16.2. The van der Waals surface area contributed by atoms with Crippen LogP contribution in [0.25, 0.3) is 21.8 Å². The van der Waals surface area contributed by atoms with Gasteiger partial charge in [0, 0.05) is 23.2 Å². The van der Waals surface area contributed by atoms with Crippen LogP contribution in [0.4, 0.5) is 0 Å². The molecule has 122 valence electrons. The Labute approximate surface area is 139 Å². The number of pyridine rings is 2. The first-order chi connectivity index (χ1) is 11.8. The highest BCUT2D eigenvalue weighted by Gasteiger charge is 2.05. The molecule has 6 nitrogen and oxygen atoms in total. The van der Waals surface area contributed by atoms with Gasteiger partial charge >= 0.3 is 0 Å². The molecular formula is C18H18N4O2. The van der Waals surface area contributed by atoms with Gasteiger partial charge in [0.25, 0.3) is 0 Å². The topological polar surface area (TPSA) is 91.0 Å². The molecular weight excluding hydrogens is 304 g/mol. The molecule has 2 aromatic heterocycles. The van der Waals surface area contributed by atoms with Crippen LogP contribution in [0.2, 0.25) is 0 Å². The zero-order chi connectivity index (χ0) is 16.8. The highest BCUT2D eigenvalue weighted by molar-refractivity contribution is 6.04. The molecule has 0 amide bonds. The Morgan fingerprint density at radius 2 is 1.12 bits per heavy atom. The first-order valence-corrected chi connectivity index (χ1v) is 7.74. The molecule has 3 aromatic rings. The van der Waals surface area contributed by atoms with E-state index in [9.17, 15) is 0 Å². The van der Waals surface area contributed by atoms with Crippen LogP contribution in [0.5, 0.6) is 0 Å². The Balaban J connectivity index is 2.08. The van der Waals surface area contributed by atoms with Gasteiger partial charge in [0.1, 0.15) is 0 Å². The number of hydrogen-bond acceptors (Lipinski definition) is 6. The first-order valence-electron chi connectivity index (χ1n) is 7.74. The molecule has 0 atom stereocenters. The molecule has 6 heteroatoms. The number of nitrogens with zero attached hydrogens (tertiary/aromatic N) is 4. The summed E-state index contributed by atoms with van der Waals surface area (Å²) >= 11 is 0. The Morgan fingerprint density at radius 3 is 1.54 bits per heavy atom. The Morgan fingerprint density at radius 1 is 0.708 bits per heavy atom. The normalized spacial score (nSPS) is 12.1. The lowest BCUT2D eigenvalue weighted by Gasteiger charge is -2.04. The van der Waals surface area contributed by atoms with Crippen molar-refractivity contribution in [2.75, 3.05) is 26.3 Å². The van der Waals surface area contributed by atoms with Crippen molar-refractivity contribution >= 4 is 34.2 Å². The number of aromatic nitrogens is 2. The Kier molecular flexibility index (Phi) is 5.20. The van der Waals surface area contributed by atoms with E-state index in [1.165, 1.54) is 0 Å². The summed E-state index contributed by atoms with van der Waals surface area (Å²) in [5.41, 5.74) is 3.06. The van der Waals surface area contributed by atoms with Gasteiger partial charge in [0.15, 0.2) is 0 Å². The number of hydrogen-bond donors (Lipinski definition) is 2. The van der Waals surface area contributed by atoms with E-state index in [4.69, 9.17) is 10.2 Å². The number of fused-ring (bicyclic) bond motifs is 3. The Bertz CT molecular complexity index is 831. The summed E-state index contributed by atoms with van der Waals surface area (Å²) in [5.74, 6) is 0. The van der Waals surface area contributed by atoms with Crippen LogP contribution in [0.1, 0.15) is 11.4 Å². The van der Waals surface area contributed by atoms with Crippen molar-refractivity contribution in [3.63, 3.8) is 0 Å². The monoisotopic (exact) mass is 322 g/mol. The standard InChI is InChI=1S/C18H18N4O2/c23-9-7-19-11-15-5-3-13-1-2-14-4-6-16(12-20-8-10-24)22-18(14)17(13)21-15/h1-6,11-12,23-24H,7-10H2. The lowest BCUT2D eigenvalue weighted by molar-refractivity contribution is 0.307. The van der Waals surface area contributed by atoms with E-state index >= 15 is 0 Å². The van der Waals surface area contributed by atoms with Crippen molar-refractivity contribution in [2.45, 2.75) is 0 Å². The maximum absolute atomic E-state index is 8.80. The molecule has 24 heavy (non-hydrogen) atoms. The molecule has 0 saturated carbocycles. The molecule has 0 saturated heterocycles. The maximum Gasteiger partial charge on any atom is 0.0972 e. The van der Waals surface area contributed by atoms with E-state index in [1.54, 1.807) is 12.4 Å². The quantitative estimate of drug-likeness (QED) is 0.533. The number of benzene rings is 1. The molecule has 0 aliphatic rings. The molecule has 2 N–H and O–H groups in total. The van der Waals surface area contributed by atoms with Crippen molar-refractivity contribution in [3.05, 3.63) is 47.8 Å². The number of aliphatic hydroxyl groups excluding tert-OH is 2. The smallest absolute Gasteiger partial charge is 0.0972 e. The second-order valence-electron chi connectivity index (χ2n) is 5.20. The van der Waals surface area contributed by atoms with Crippen LogP contribution in [0.15, 0.2) is 46.4 Å². The van der Waals surface area contributed by atoms with Crippen LogP contribution in [0, 0.1) is 0 Å². The summed E-state index contributed by atoms with van der Waals surface area (Å²) in [5, 5.41) is 19.6. The Hall–Kier alpha value is -2.70. The van der Waals surface area contributed by atoms with Gasteiger partial charge in [0.05, 0.1) is 48.7 Å². The van der Waals surface area contributed by atoms with Gasteiger partial charge in [-0.25, -0.2) is 9.97 Å². The molecule has 0 bridgehead atoms. The predicted molar refractivity (Wildman–Crippen MR) is 96.1 cm³/mol. The number of rotatable bonds is 6. The van der Waals surface area contributed by atoms with Crippen molar-refractivity contribution < 1.29 is 10.2 Å². The van der Waals surface area contributed by atoms with Crippen molar-refractivity contribution in [1.82, 2.24) is 9.97 Å². The highest BCUT2D eigenvalue weighted by atomic mass is 16.3. The summed E-state index contributed by atoms with van der Waals surface area (Å²) in [6.45, 7) is 0.758. The average Bonchev–Trinajstić information content (AvgIpc) is 2.62. The van der Waals surface area contributed by atoms with Gasteiger partial charge in [0.2, 0.25) is 0 Å². The molecule has 3 rings (SSSR count). The minimum Gasteiger partial charge on any atom is -0.394 e. The maximum atomic E-state index is 8.80. The molecule has 0 aliphatic heterocycles. The van der Waals surface area contributed by atoms with Crippen LogP contribution in [-0.2, 0) is 0 Å². The van der Waals surface area contributed by atoms with Crippen LogP contribution in [0.3, 0.4) is 0 Å². The van der Waals surface area contributed by atoms with Gasteiger partial charge in [-0.15, -0.1) is 0 Å². The molecule has 1 aromatic carbocycles. The summed E-state index contributed by atoms with van der Waals surface area (Å²) in [6.07, 6.45) is 3.31. The number of aliphatic imine (C=N–C) groups is 2. The zero-order valence-corrected chi connectivity index (χ0v) is 13.1. The van der Waals surface area contributed by atoms with E-state index in [0.29, 0.717) is 13.1 Å². The summed E-state index contributed by atoms with van der Waals surface area (Å²) in [6, 6.07) is 11.8. The van der Waals surface area contributed by atoms with E-state index in [2.05, 4.69) is 20.0 Å². The molecule has 0 radical (unpaired) electrons. The summed E-state index contributed by atoms with van der Waals surface area (Å²) in [4.78, 5) is 17.5. The van der Waals surface area contributed by atoms with Gasteiger partial charge in [-0.1, -0.05) is 24.3 Å². The van der Waals surface area contributed by atoms with E-state index in [0.717, 1.165) is 33.2 Å². The molecule has 0 aliphatic carbocycles. The third kappa shape index (κ3) is 3.61. The lowest BCUT2D eigenvalue weighted by atomic mass is 10.1. The second kappa shape index (κ2) is 7.72. The SMILES string of the molecule is OCCN=Cc1ccc2ccc3ccc(C=NCCO)nc3c2n1. The van der Waals surface area contributed by atoms with E-state index in [-0.39, 0.29) is 13.2 Å². The van der Waals surface area contributed by atoms with Gasteiger partial charge < -0.3 is 10.2 Å². The van der Waals surface area contributed by atoms with E-state index < -0.39 is 0 Å². The average molecular weight is 322 g/mol. The molecule has 0 fully saturated rings. The van der Waals surface area contributed by atoms with Gasteiger partial charge in [-0.2, -0.15) is 0 Å². The fourth-order valence-corrected chi connectivity index (χ4v) is 2.37. The largest absolute Gasteiger partial charge is 0.394 e. The van der Waals surface area contributed by atoms with Gasteiger partial charge in [-0.3, -0.25) is 9.98 Å². The summed E-state index contributed by atoms with van der Waals surface area (Å²) < 4.78 is 0. The number of aliphatic hydroxyl groups is 2. The highest BCUT2D eigenvalue weighted by Crippen LogP contribution is 2.22. The minimum atomic E-state index is 0.0190. The van der Waals surface area contributed by atoms with Crippen molar-refractivity contribution in [3.8, 4) is 0 Å². The van der Waals surface area contributed by atoms with Crippen LogP contribution in [-0.4, -0.2) is 58.9 Å². The fraction of sp³-hybridized carbons (Fsp3) is 0.222. The minimum absolute atomic E-state index is 0.0190. The van der Waals surface area contributed by atoms with Crippen molar-refractivity contribution in [1.29, 1.82) is 0 Å². The fourth-order valence-electron chi connectivity index (χ4n) is 2.37. The molecule has 0 spiro atoms. The lowest BCUT2D eigenvalue weighted by Crippen LogP contribution is -1.95. The van der Waals surface area contributed by atoms with Crippen LogP contribution < -0.4 is 0 Å². The third-order valence-corrected chi connectivity index (χ3v) is 3.47. The third-order valence-electron chi connectivity index (χ3n) is 3.47. The zero-order valence-electron chi connectivity index (χ0n) is 13.1. The molecule has 2 heterocycles. The van der Waals surface area contributed by atoms with E-state index in [1.807, 2.05) is 36.4 Å². The van der Waals surface area contributed by atoms with Crippen molar-refractivity contribution in [2.24, 2.45) is 9.98 Å². The van der Waals surface area contributed by atoms with Crippen LogP contribution >= 0.6 is 0 Å². The summed E-state index contributed by atoms with van der Waals surface area (Å²) in [7, 11) is 0. The predicted octanol–water partition coefficient (Wildman–Crippen LogP) is 1.61. The second-order valence-corrected chi connectivity index (χ2v) is 5.20. The molecule has 0 unspecified atom stereocenters.